The van der Waals surface area contributed by atoms with Crippen molar-refractivity contribution in [1.29, 1.82) is 0 Å². The maximum Gasteiger partial charge on any atom is 0.253 e. The predicted molar refractivity (Wildman–Crippen MR) is 141 cm³/mol. The van der Waals surface area contributed by atoms with Crippen molar-refractivity contribution in [2.24, 2.45) is 18.7 Å². The van der Waals surface area contributed by atoms with E-state index in [1.165, 1.54) is 23.7 Å². The monoisotopic (exact) mass is 493 g/mol. The SMILES string of the molecule is COc1ccc2cc(-c3nc4cc(C(=O)N5CCC[C@@H](N)C5)ccc4n3C)n(CC3CC3)c2c1.Cl. The van der Waals surface area contributed by atoms with Crippen LogP contribution in [0.3, 0.4) is 0 Å². The van der Waals surface area contributed by atoms with E-state index in [2.05, 4.69) is 34.4 Å². The number of rotatable bonds is 5. The molecule has 2 aromatic carbocycles. The molecule has 2 N–H and O–H groups in total. The number of imidazole rings is 1. The largest absolute Gasteiger partial charge is 0.497 e. The highest BCUT2D eigenvalue weighted by molar-refractivity contribution is 5.98. The topological polar surface area (TPSA) is 78.3 Å². The third-order valence-electron chi connectivity index (χ3n) is 7.35. The molecule has 6 rings (SSSR count). The Labute approximate surface area is 211 Å². The molecule has 0 bridgehead atoms. The van der Waals surface area contributed by atoms with Crippen molar-refractivity contribution in [3.05, 3.63) is 48.0 Å². The van der Waals surface area contributed by atoms with E-state index in [0.717, 1.165) is 60.2 Å². The third kappa shape index (κ3) is 4.28. The van der Waals surface area contributed by atoms with Gasteiger partial charge in [0.1, 0.15) is 5.75 Å². The van der Waals surface area contributed by atoms with Crippen molar-refractivity contribution < 1.29 is 9.53 Å². The summed E-state index contributed by atoms with van der Waals surface area (Å²) in [5, 5.41) is 1.18. The molecule has 2 aliphatic rings. The van der Waals surface area contributed by atoms with E-state index in [9.17, 15) is 4.79 Å². The van der Waals surface area contributed by atoms with E-state index >= 15 is 0 Å². The smallest absolute Gasteiger partial charge is 0.253 e. The Morgan fingerprint density at radius 3 is 2.69 bits per heavy atom. The van der Waals surface area contributed by atoms with Gasteiger partial charge in [-0.25, -0.2) is 4.98 Å². The summed E-state index contributed by atoms with van der Waals surface area (Å²) >= 11 is 0. The first-order valence-electron chi connectivity index (χ1n) is 12.2. The molecule has 35 heavy (non-hydrogen) atoms. The van der Waals surface area contributed by atoms with Crippen LogP contribution in [0, 0.1) is 5.92 Å². The molecule has 4 aromatic rings. The van der Waals surface area contributed by atoms with Crippen molar-refractivity contribution in [2.45, 2.75) is 38.3 Å². The number of hydrogen-bond donors (Lipinski definition) is 1. The molecule has 0 spiro atoms. The first-order valence-corrected chi connectivity index (χ1v) is 12.2. The lowest BCUT2D eigenvalue weighted by atomic mass is 10.1. The van der Waals surface area contributed by atoms with Crippen molar-refractivity contribution >= 4 is 40.3 Å². The highest BCUT2D eigenvalue weighted by Gasteiger charge is 2.26. The van der Waals surface area contributed by atoms with Gasteiger partial charge < -0.3 is 24.5 Å². The molecule has 7 nitrogen and oxygen atoms in total. The van der Waals surface area contributed by atoms with Crippen molar-refractivity contribution in [2.75, 3.05) is 20.2 Å². The van der Waals surface area contributed by atoms with Gasteiger partial charge in [-0.2, -0.15) is 0 Å². The fourth-order valence-corrected chi connectivity index (χ4v) is 5.24. The van der Waals surface area contributed by atoms with Crippen LogP contribution < -0.4 is 10.5 Å². The van der Waals surface area contributed by atoms with Crippen LogP contribution >= 0.6 is 12.4 Å². The Kier molecular flexibility index (Phi) is 6.23. The molecule has 0 unspecified atom stereocenters. The lowest BCUT2D eigenvalue weighted by Gasteiger charge is -2.30. The van der Waals surface area contributed by atoms with Crippen molar-refractivity contribution in [1.82, 2.24) is 19.0 Å². The summed E-state index contributed by atoms with van der Waals surface area (Å²) < 4.78 is 10.0. The number of halogens is 1. The van der Waals surface area contributed by atoms with Crippen molar-refractivity contribution in [3.8, 4) is 17.3 Å². The Bertz CT molecular complexity index is 1400. The standard InChI is InChI=1S/C27H31N5O2.ClH/c1-30-23-10-8-19(27(33)31-11-3-4-20(28)16-31)12-22(23)29-26(30)25-13-18-7-9-21(34-2)14-24(18)32(25)15-17-5-6-17;/h7-10,12-14,17,20H,3-6,11,15-16,28H2,1-2H3;1H/t20-;/m1./s1. The second-order valence-corrected chi connectivity index (χ2v) is 9.86. The van der Waals surface area contributed by atoms with E-state index < -0.39 is 0 Å². The summed E-state index contributed by atoms with van der Waals surface area (Å²) in [5.41, 5.74) is 10.9. The van der Waals surface area contributed by atoms with Gasteiger partial charge in [0.15, 0.2) is 5.82 Å². The summed E-state index contributed by atoms with van der Waals surface area (Å²) in [7, 11) is 3.76. The lowest BCUT2D eigenvalue weighted by Crippen LogP contribution is -2.45. The summed E-state index contributed by atoms with van der Waals surface area (Å²) in [5.74, 6) is 2.53. The van der Waals surface area contributed by atoms with E-state index in [4.69, 9.17) is 15.5 Å². The minimum Gasteiger partial charge on any atom is -0.497 e. The zero-order valence-corrected chi connectivity index (χ0v) is 21.1. The van der Waals surface area contributed by atoms with Gasteiger partial charge in [-0.05, 0) is 68.0 Å². The number of fused-ring (bicyclic) bond motifs is 2. The van der Waals surface area contributed by atoms with Crippen LogP contribution in [0.15, 0.2) is 42.5 Å². The number of piperidine rings is 1. The zero-order valence-electron chi connectivity index (χ0n) is 20.2. The Hall–Kier alpha value is -3.03. The summed E-state index contributed by atoms with van der Waals surface area (Å²) in [6, 6.07) is 14.4. The van der Waals surface area contributed by atoms with Crippen LogP contribution in [-0.4, -0.2) is 51.2 Å². The molecule has 1 amide bonds. The highest BCUT2D eigenvalue weighted by Crippen LogP contribution is 2.37. The number of carbonyl (C=O) groups excluding carboxylic acids is 1. The molecule has 2 aromatic heterocycles. The highest BCUT2D eigenvalue weighted by atomic mass is 35.5. The van der Waals surface area contributed by atoms with Gasteiger partial charge in [-0.15, -0.1) is 12.4 Å². The van der Waals surface area contributed by atoms with Gasteiger partial charge in [0.25, 0.3) is 5.91 Å². The van der Waals surface area contributed by atoms with Crippen LogP contribution in [0.4, 0.5) is 0 Å². The Morgan fingerprint density at radius 1 is 1.11 bits per heavy atom. The van der Waals surface area contributed by atoms with Crippen LogP contribution in [0.5, 0.6) is 5.75 Å². The van der Waals surface area contributed by atoms with E-state index in [-0.39, 0.29) is 24.4 Å². The first-order chi connectivity index (χ1) is 16.5. The van der Waals surface area contributed by atoms with Gasteiger partial charge in [0.2, 0.25) is 0 Å². The average molecular weight is 494 g/mol. The number of methoxy groups -OCH3 is 1. The zero-order chi connectivity index (χ0) is 23.4. The normalized spacial score (nSPS) is 18.1. The summed E-state index contributed by atoms with van der Waals surface area (Å²) in [6.07, 6.45) is 4.49. The second-order valence-electron chi connectivity index (χ2n) is 9.86. The molecule has 8 heteroatoms. The Balaban J connectivity index is 0.00000253. The summed E-state index contributed by atoms with van der Waals surface area (Å²) in [6.45, 7) is 2.37. The number of amides is 1. The predicted octanol–water partition coefficient (Wildman–Crippen LogP) is 4.60. The van der Waals surface area contributed by atoms with Crippen LogP contribution in [-0.2, 0) is 13.6 Å². The molecular weight excluding hydrogens is 462 g/mol. The van der Waals surface area contributed by atoms with Gasteiger partial charge >= 0.3 is 0 Å². The number of hydrogen-bond acceptors (Lipinski definition) is 4. The van der Waals surface area contributed by atoms with Crippen LogP contribution in [0.1, 0.15) is 36.0 Å². The molecule has 1 saturated heterocycles. The maximum absolute atomic E-state index is 13.1. The molecule has 3 heterocycles. The van der Waals surface area contributed by atoms with Crippen LogP contribution in [0.2, 0.25) is 0 Å². The quantitative estimate of drug-likeness (QED) is 0.440. The van der Waals surface area contributed by atoms with Crippen molar-refractivity contribution in [3.63, 3.8) is 0 Å². The number of nitrogens with zero attached hydrogens (tertiary/aromatic N) is 4. The molecule has 1 aliphatic heterocycles. The number of likely N-dealkylation sites (tertiary alicyclic amines) is 1. The minimum absolute atomic E-state index is 0. The van der Waals surface area contributed by atoms with E-state index in [1.807, 2.05) is 29.2 Å². The molecular formula is C27H32ClN5O2. The maximum atomic E-state index is 13.1. The summed E-state index contributed by atoms with van der Waals surface area (Å²) in [4.78, 5) is 20.0. The molecule has 1 atom stereocenters. The number of aromatic nitrogens is 3. The third-order valence-corrected chi connectivity index (χ3v) is 7.35. The Morgan fingerprint density at radius 2 is 1.94 bits per heavy atom. The molecule has 1 aliphatic carbocycles. The van der Waals surface area contributed by atoms with Gasteiger partial charge in [0, 0.05) is 49.7 Å². The number of carbonyl (C=O) groups is 1. The molecule has 184 valence electrons. The van der Waals surface area contributed by atoms with Crippen LogP contribution in [0.25, 0.3) is 33.5 Å². The molecule has 1 saturated carbocycles. The molecule has 0 radical (unpaired) electrons. The molecule has 2 fully saturated rings. The van der Waals surface area contributed by atoms with E-state index in [1.54, 1.807) is 7.11 Å². The first kappa shape index (κ1) is 23.7. The van der Waals surface area contributed by atoms with Gasteiger partial charge in [-0.1, -0.05) is 0 Å². The number of benzene rings is 2. The average Bonchev–Trinajstić information content (AvgIpc) is 3.53. The number of aryl methyl sites for hydroxylation is 1. The van der Waals surface area contributed by atoms with E-state index in [0.29, 0.717) is 12.1 Å². The van der Waals surface area contributed by atoms with Gasteiger partial charge in [-0.3, -0.25) is 4.79 Å². The second kappa shape index (κ2) is 9.21. The fourth-order valence-electron chi connectivity index (χ4n) is 5.24. The lowest BCUT2D eigenvalue weighted by molar-refractivity contribution is 0.0709. The number of ether oxygens (including phenoxy) is 1. The minimum atomic E-state index is 0. The fraction of sp³-hybridized carbons (Fsp3) is 0.407. The number of nitrogens with two attached hydrogens (primary N) is 1. The van der Waals surface area contributed by atoms with Gasteiger partial charge in [0.05, 0.1) is 29.4 Å².